The average Bonchev–Trinajstić information content (AvgIpc) is 2.80. The van der Waals surface area contributed by atoms with Crippen molar-refractivity contribution in [3.8, 4) is 0 Å². The molecule has 0 atom stereocenters. The zero-order chi connectivity index (χ0) is 14.5. The standard InChI is InChI=1S/C15H18BrN3O/c1-2-6-19-10-12(16)8-14(19)15(20)18-13-5-3-4-11(7-13)9-17/h3-5,7-8,10H,2,6,9,17H2,1H3,(H,18,20). The van der Waals surface area contributed by atoms with Crippen molar-refractivity contribution < 1.29 is 4.79 Å². The molecule has 0 saturated heterocycles. The average molecular weight is 336 g/mol. The Morgan fingerprint density at radius 2 is 2.20 bits per heavy atom. The van der Waals surface area contributed by atoms with E-state index in [9.17, 15) is 4.79 Å². The van der Waals surface area contributed by atoms with Crippen LogP contribution in [-0.4, -0.2) is 10.5 Å². The smallest absolute Gasteiger partial charge is 0.272 e. The van der Waals surface area contributed by atoms with Gasteiger partial charge in [0.25, 0.3) is 5.91 Å². The Morgan fingerprint density at radius 1 is 1.40 bits per heavy atom. The lowest BCUT2D eigenvalue weighted by atomic mass is 10.2. The van der Waals surface area contributed by atoms with Crippen LogP contribution < -0.4 is 11.1 Å². The van der Waals surface area contributed by atoms with Gasteiger partial charge >= 0.3 is 0 Å². The molecule has 0 unspecified atom stereocenters. The summed E-state index contributed by atoms with van der Waals surface area (Å²) in [5.74, 6) is -0.113. The predicted molar refractivity (Wildman–Crippen MR) is 84.7 cm³/mol. The predicted octanol–water partition coefficient (Wildman–Crippen LogP) is 3.37. The fourth-order valence-electron chi connectivity index (χ4n) is 2.06. The Labute approximate surface area is 127 Å². The van der Waals surface area contributed by atoms with E-state index >= 15 is 0 Å². The number of amides is 1. The van der Waals surface area contributed by atoms with E-state index in [1.54, 1.807) is 0 Å². The van der Waals surface area contributed by atoms with Crippen LogP contribution in [0, 0.1) is 0 Å². The number of nitrogens with zero attached hydrogens (tertiary/aromatic N) is 1. The third-order valence-electron chi connectivity index (χ3n) is 2.98. The number of nitrogens with two attached hydrogens (primary N) is 1. The third-order valence-corrected chi connectivity index (χ3v) is 3.41. The molecule has 1 amide bonds. The molecule has 106 valence electrons. The van der Waals surface area contributed by atoms with Gasteiger partial charge in [-0.1, -0.05) is 19.1 Å². The normalized spacial score (nSPS) is 10.6. The summed E-state index contributed by atoms with van der Waals surface area (Å²) in [5, 5.41) is 2.91. The number of anilines is 1. The molecule has 0 spiro atoms. The van der Waals surface area contributed by atoms with Gasteiger partial charge in [0.1, 0.15) is 5.69 Å². The first kappa shape index (κ1) is 14.8. The summed E-state index contributed by atoms with van der Waals surface area (Å²) < 4.78 is 2.86. The molecular formula is C15H18BrN3O. The van der Waals surface area contributed by atoms with Gasteiger partial charge in [-0.2, -0.15) is 0 Å². The van der Waals surface area contributed by atoms with Crippen LogP contribution in [0.2, 0.25) is 0 Å². The number of carbonyl (C=O) groups is 1. The molecule has 5 heteroatoms. The minimum atomic E-state index is -0.113. The lowest BCUT2D eigenvalue weighted by Gasteiger charge is -2.09. The second-order valence-electron chi connectivity index (χ2n) is 4.60. The number of aromatic nitrogens is 1. The van der Waals surface area contributed by atoms with Crippen molar-refractivity contribution in [1.82, 2.24) is 4.57 Å². The molecule has 20 heavy (non-hydrogen) atoms. The van der Waals surface area contributed by atoms with Gasteiger partial charge in [0.05, 0.1) is 0 Å². The number of benzene rings is 1. The maximum absolute atomic E-state index is 12.3. The lowest BCUT2D eigenvalue weighted by molar-refractivity contribution is 0.101. The molecule has 0 aliphatic carbocycles. The van der Waals surface area contributed by atoms with E-state index in [1.165, 1.54) is 0 Å². The minimum absolute atomic E-state index is 0.113. The largest absolute Gasteiger partial charge is 0.342 e. The van der Waals surface area contributed by atoms with Crippen LogP contribution in [0.4, 0.5) is 5.69 Å². The van der Waals surface area contributed by atoms with E-state index in [0.717, 1.165) is 28.7 Å². The summed E-state index contributed by atoms with van der Waals surface area (Å²) in [6, 6.07) is 9.40. The van der Waals surface area contributed by atoms with Crippen molar-refractivity contribution in [3.05, 3.63) is 52.3 Å². The molecule has 2 aromatic rings. The fraction of sp³-hybridized carbons (Fsp3) is 0.267. The molecule has 0 aliphatic rings. The number of aryl methyl sites for hydroxylation is 1. The highest BCUT2D eigenvalue weighted by Gasteiger charge is 2.13. The minimum Gasteiger partial charge on any atom is -0.342 e. The van der Waals surface area contributed by atoms with Gasteiger partial charge < -0.3 is 15.6 Å². The van der Waals surface area contributed by atoms with Gasteiger partial charge in [0, 0.05) is 29.4 Å². The third kappa shape index (κ3) is 3.49. The maximum Gasteiger partial charge on any atom is 0.272 e. The Morgan fingerprint density at radius 3 is 2.90 bits per heavy atom. The van der Waals surface area contributed by atoms with Gasteiger partial charge in [-0.15, -0.1) is 0 Å². The molecule has 0 saturated carbocycles. The van der Waals surface area contributed by atoms with Crippen LogP contribution in [0.5, 0.6) is 0 Å². The van der Waals surface area contributed by atoms with E-state index in [4.69, 9.17) is 5.73 Å². The summed E-state index contributed by atoms with van der Waals surface area (Å²) in [7, 11) is 0. The molecule has 2 rings (SSSR count). The Kier molecular flexibility index (Phi) is 4.98. The highest BCUT2D eigenvalue weighted by atomic mass is 79.9. The first-order chi connectivity index (χ1) is 9.63. The molecule has 0 radical (unpaired) electrons. The number of nitrogens with one attached hydrogen (secondary N) is 1. The molecule has 1 heterocycles. The fourth-order valence-corrected chi connectivity index (χ4v) is 2.53. The highest BCUT2D eigenvalue weighted by Crippen LogP contribution is 2.18. The molecule has 0 fully saturated rings. The van der Waals surface area contributed by atoms with Crippen LogP contribution in [0.3, 0.4) is 0 Å². The van der Waals surface area contributed by atoms with Gasteiger partial charge in [-0.05, 0) is 46.1 Å². The van der Waals surface area contributed by atoms with E-state index in [1.807, 2.05) is 41.1 Å². The van der Waals surface area contributed by atoms with Crippen molar-refractivity contribution >= 4 is 27.5 Å². The van der Waals surface area contributed by atoms with Gasteiger partial charge in [-0.25, -0.2) is 0 Å². The van der Waals surface area contributed by atoms with Gasteiger partial charge in [0.15, 0.2) is 0 Å². The van der Waals surface area contributed by atoms with Crippen molar-refractivity contribution in [3.63, 3.8) is 0 Å². The zero-order valence-electron chi connectivity index (χ0n) is 11.4. The van der Waals surface area contributed by atoms with Crippen LogP contribution in [0.1, 0.15) is 29.4 Å². The van der Waals surface area contributed by atoms with E-state index < -0.39 is 0 Å². The second-order valence-corrected chi connectivity index (χ2v) is 5.51. The summed E-state index contributed by atoms with van der Waals surface area (Å²) in [4.78, 5) is 12.3. The van der Waals surface area contributed by atoms with E-state index in [2.05, 4.69) is 28.2 Å². The lowest BCUT2D eigenvalue weighted by Crippen LogP contribution is -2.17. The Bertz CT molecular complexity index is 607. The maximum atomic E-state index is 12.3. The summed E-state index contributed by atoms with van der Waals surface area (Å²) in [6.07, 6.45) is 2.90. The Balaban J connectivity index is 2.19. The van der Waals surface area contributed by atoms with Crippen molar-refractivity contribution in [1.29, 1.82) is 0 Å². The topological polar surface area (TPSA) is 60.0 Å². The quantitative estimate of drug-likeness (QED) is 0.879. The van der Waals surface area contributed by atoms with E-state index in [-0.39, 0.29) is 5.91 Å². The molecule has 0 bridgehead atoms. The monoisotopic (exact) mass is 335 g/mol. The van der Waals surface area contributed by atoms with Crippen molar-refractivity contribution in [2.75, 3.05) is 5.32 Å². The molecular weight excluding hydrogens is 318 g/mol. The van der Waals surface area contributed by atoms with Crippen molar-refractivity contribution in [2.24, 2.45) is 5.73 Å². The van der Waals surface area contributed by atoms with Crippen LogP contribution in [-0.2, 0) is 13.1 Å². The SMILES string of the molecule is CCCn1cc(Br)cc1C(=O)Nc1cccc(CN)c1. The zero-order valence-corrected chi connectivity index (χ0v) is 13.0. The first-order valence-electron chi connectivity index (χ1n) is 6.60. The summed E-state index contributed by atoms with van der Waals surface area (Å²) >= 11 is 3.41. The second kappa shape index (κ2) is 6.72. The number of rotatable bonds is 5. The summed E-state index contributed by atoms with van der Waals surface area (Å²) in [6.45, 7) is 3.36. The molecule has 0 aliphatic heterocycles. The van der Waals surface area contributed by atoms with Crippen molar-refractivity contribution in [2.45, 2.75) is 26.4 Å². The first-order valence-corrected chi connectivity index (χ1v) is 7.39. The number of halogens is 1. The number of hydrogen-bond acceptors (Lipinski definition) is 2. The number of carbonyl (C=O) groups excluding carboxylic acids is 1. The van der Waals surface area contributed by atoms with Gasteiger partial charge in [-0.3, -0.25) is 4.79 Å². The Hall–Kier alpha value is -1.59. The van der Waals surface area contributed by atoms with Crippen LogP contribution in [0.15, 0.2) is 41.0 Å². The van der Waals surface area contributed by atoms with Gasteiger partial charge in [0.2, 0.25) is 0 Å². The highest BCUT2D eigenvalue weighted by molar-refractivity contribution is 9.10. The van der Waals surface area contributed by atoms with Crippen LogP contribution >= 0.6 is 15.9 Å². The van der Waals surface area contributed by atoms with Crippen LogP contribution in [0.25, 0.3) is 0 Å². The molecule has 3 N–H and O–H groups in total. The van der Waals surface area contributed by atoms with E-state index in [0.29, 0.717) is 12.2 Å². The molecule has 1 aromatic carbocycles. The molecule has 1 aromatic heterocycles. The summed E-state index contributed by atoms with van der Waals surface area (Å²) in [5.41, 5.74) is 8.01. The molecule has 4 nitrogen and oxygen atoms in total. The number of hydrogen-bond donors (Lipinski definition) is 2.